The Bertz CT molecular complexity index is 387. The Labute approximate surface area is 117 Å². The number of rotatable bonds is 5. The van der Waals surface area contributed by atoms with Gasteiger partial charge in [-0.2, -0.15) is 0 Å². The van der Waals surface area contributed by atoms with E-state index >= 15 is 0 Å². The Hall–Kier alpha value is -1.79. The number of aliphatic carboxylic acids is 1. The van der Waals surface area contributed by atoms with E-state index in [4.69, 9.17) is 5.11 Å². The highest BCUT2D eigenvalue weighted by Crippen LogP contribution is 2.18. The third-order valence-electron chi connectivity index (χ3n) is 3.78. The number of likely N-dealkylation sites (tertiary alicyclic amines) is 2. The summed E-state index contributed by atoms with van der Waals surface area (Å²) >= 11 is 0. The van der Waals surface area contributed by atoms with Crippen LogP contribution >= 0.6 is 0 Å². The molecule has 0 aromatic rings. The fraction of sp³-hybridized carbons (Fsp3) is 0.769. The monoisotopic (exact) mass is 283 g/mol. The van der Waals surface area contributed by atoms with Crippen LogP contribution in [0.2, 0.25) is 0 Å². The molecule has 2 aliphatic rings. The fourth-order valence-electron chi connectivity index (χ4n) is 2.62. The van der Waals surface area contributed by atoms with E-state index in [1.54, 1.807) is 4.90 Å². The number of urea groups is 1. The van der Waals surface area contributed by atoms with E-state index < -0.39 is 5.97 Å². The van der Waals surface area contributed by atoms with Gasteiger partial charge in [0.25, 0.3) is 0 Å². The van der Waals surface area contributed by atoms with E-state index in [0.717, 1.165) is 25.9 Å². The summed E-state index contributed by atoms with van der Waals surface area (Å²) in [6.07, 6.45) is 2.57. The number of carbonyl (C=O) groups excluding carboxylic acids is 2. The molecule has 0 bridgehead atoms. The van der Waals surface area contributed by atoms with Gasteiger partial charge in [-0.1, -0.05) is 0 Å². The summed E-state index contributed by atoms with van der Waals surface area (Å²) in [4.78, 5) is 37.4. The van der Waals surface area contributed by atoms with Gasteiger partial charge in [0, 0.05) is 45.1 Å². The summed E-state index contributed by atoms with van der Waals surface area (Å²) in [7, 11) is 0. The Morgan fingerprint density at radius 2 is 1.75 bits per heavy atom. The first kappa shape index (κ1) is 14.6. The minimum Gasteiger partial charge on any atom is -0.481 e. The van der Waals surface area contributed by atoms with Gasteiger partial charge in [0.05, 0.1) is 6.42 Å². The minimum absolute atomic E-state index is 0.0597. The minimum atomic E-state index is -0.828. The summed E-state index contributed by atoms with van der Waals surface area (Å²) < 4.78 is 0. The average Bonchev–Trinajstić information content (AvgIpc) is 2.86. The number of carboxylic acids is 1. The molecule has 0 radical (unpaired) electrons. The zero-order valence-corrected chi connectivity index (χ0v) is 11.5. The average molecular weight is 283 g/mol. The highest BCUT2D eigenvalue weighted by molar-refractivity contribution is 5.79. The maximum Gasteiger partial charge on any atom is 0.317 e. The lowest BCUT2D eigenvalue weighted by atomic mass is 9.97. The van der Waals surface area contributed by atoms with E-state index in [2.05, 4.69) is 5.32 Å². The molecule has 0 saturated carbocycles. The molecular formula is C13H21N3O4. The predicted octanol–water partition coefficient (Wildman–Crippen LogP) is 0.115. The van der Waals surface area contributed by atoms with Crippen molar-refractivity contribution in [2.24, 2.45) is 5.92 Å². The van der Waals surface area contributed by atoms with E-state index in [-0.39, 0.29) is 24.3 Å². The van der Waals surface area contributed by atoms with E-state index in [1.807, 2.05) is 4.90 Å². The van der Waals surface area contributed by atoms with Crippen molar-refractivity contribution in [1.29, 1.82) is 0 Å². The highest BCUT2D eigenvalue weighted by atomic mass is 16.4. The lowest BCUT2D eigenvalue weighted by molar-refractivity contribution is -0.139. The molecule has 2 N–H and O–H groups in total. The molecule has 0 spiro atoms. The Morgan fingerprint density at radius 1 is 1.10 bits per heavy atom. The molecule has 2 rings (SSSR count). The third-order valence-corrected chi connectivity index (χ3v) is 3.78. The van der Waals surface area contributed by atoms with Crippen molar-refractivity contribution in [2.45, 2.75) is 25.7 Å². The molecule has 2 saturated heterocycles. The second kappa shape index (κ2) is 6.58. The molecule has 0 aromatic carbocycles. The van der Waals surface area contributed by atoms with Crippen LogP contribution in [0, 0.1) is 5.92 Å². The number of carbonyl (C=O) groups is 3. The largest absolute Gasteiger partial charge is 0.481 e. The first-order chi connectivity index (χ1) is 9.56. The van der Waals surface area contributed by atoms with Crippen LogP contribution in [0.1, 0.15) is 25.7 Å². The molecule has 0 aromatic heterocycles. The highest BCUT2D eigenvalue weighted by Gasteiger charge is 2.31. The molecule has 2 fully saturated rings. The number of nitrogens with one attached hydrogen (secondary N) is 1. The first-order valence-corrected chi connectivity index (χ1v) is 7.08. The predicted molar refractivity (Wildman–Crippen MR) is 71.1 cm³/mol. The summed E-state index contributed by atoms with van der Waals surface area (Å²) in [6.45, 7) is 2.97. The normalized spacial score (nSPS) is 18.8. The Kier molecular flexibility index (Phi) is 4.81. The second-order valence-electron chi connectivity index (χ2n) is 5.44. The molecule has 0 aliphatic carbocycles. The van der Waals surface area contributed by atoms with Gasteiger partial charge in [-0.25, -0.2) is 4.79 Å². The molecular weight excluding hydrogens is 262 g/mol. The van der Waals surface area contributed by atoms with Crippen LogP contribution in [0.3, 0.4) is 0 Å². The Balaban J connectivity index is 1.57. The number of carboxylic acid groups (broad SMARTS) is 1. The molecule has 20 heavy (non-hydrogen) atoms. The molecule has 2 heterocycles. The van der Waals surface area contributed by atoms with Crippen molar-refractivity contribution < 1.29 is 19.5 Å². The van der Waals surface area contributed by atoms with Gasteiger partial charge in [-0.3, -0.25) is 9.59 Å². The van der Waals surface area contributed by atoms with Gasteiger partial charge in [-0.05, 0) is 12.8 Å². The van der Waals surface area contributed by atoms with Crippen LogP contribution in [0.5, 0.6) is 0 Å². The molecule has 7 nitrogen and oxygen atoms in total. The van der Waals surface area contributed by atoms with E-state index in [0.29, 0.717) is 26.1 Å². The lowest BCUT2D eigenvalue weighted by Gasteiger charge is -2.38. The third kappa shape index (κ3) is 3.85. The smallest absolute Gasteiger partial charge is 0.317 e. The van der Waals surface area contributed by atoms with Gasteiger partial charge >= 0.3 is 12.0 Å². The maximum absolute atomic E-state index is 11.7. The summed E-state index contributed by atoms with van der Waals surface area (Å²) in [5.74, 6) is -0.675. The fourth-order valence-corrected chi connectivity index (χ4v) is 2.62. The van der Waals surface area contributed by atoms with Crippen LogP contribution in [-0.4, -0.2) is 65.5 Å². The number of nitrogens with zero attached hydrogens (tertiary/aromatic N) is 2. The van der Waals surface area contributed by atoms with Crippen LogP contribution in [0.15, 0.2) is 0 Å². The molecule has 3 amide bonds. The van der Waals surface area contributed by atoms with Crippen molar-refractivity contribution in [1.82, 2.24) is 15.1 Å². The van der Waals surface area contributed by atoms with Gasteiger partial charge in [0.1, 0.15) is 0 Å². The van der Waals surface area contributed by atoms with E-state index in [1.165, 1.54) is 0 Å². The van der Waals surface area contributed by atoms with Crippen LogP contribution in [0.25, 0.3) is 0 Å². The van der Waals surface area contributed by atoms with Crippen LogP contribution in [-0.2, 0) is 9.59 Å². The molecule has 112 valence electrons. The van der Waals surface area contributed by atoms with Crippen molar-refractivity contribution in [3.8, 4) is 0 Å². The van der Waals surface area contributed by atoms with Crippen molar-refractivity contribution in [3.05, 3.63) is 0 Å². The summed E-state index contributed by atoms with van der Waals surface area (Å²) in [5.41, 5.74) is 0. The molecule has 0 unspecified atom stereocenters. The van der Waals surface area contributed by atoms with Crippen molar-refractivity contribution in [2.75, 3.05) is 32.7 Å². The first-order valence-electron chi connectivity index (χ1n) is 7.08. The quantitative estimate of drug-likeness (QED) is 0.749. The molecule has 7 heteroatoms. The Morgan fingerprint density at radius 3 is 2.35 bits per heavy atom. The molecule has 2 aliphatic heterocycles. The van der Waals surface area contributed by atoms with Crippen LogP contribution in [0.4, 0.5) is 4.79 Å². The zero-order valence-electron chi connectivity index (χ0n) is 11.5. The maximum atomic E-state index is 11.7. The number of amides is 3. The zero-order chi connectivity index (χ0) is 14.5. The van der Waals surface area contributed by atoms with Gasteiger partial charge in [0.2, 0.25) is 5.91 Å². The number of hydrogen-bond donors (Lipinski definition) is 2. The topological polar surface area (TPSA) is 90.0 Å². The van der Waals surface area contributed by atoms with Gasteiger partial charge < -0.3 is 20.2 Å². The van der Waals surface area contributed by atoms with Crippen LogP contribution < -0.4 is 5.32 Å². The standard InChI is InChI=1S/C13H21N3O4/c17-11(15-5-1-2-6-15)3-4-14-13(20)16-8-10(9-16)7-12(18)19/h10H,1-9H2,(H,14,20)(H,18,19). The van der Waals surface area contributed by atoms with E-state index in [9.17, 15) is 14.4 Å². The molecule has 0 atom stereocenters. The SMILES string of the molecule is O=C(O)CC1CN(C(=O)NCCC(=O)N2CCCC2)C1. The lowest BCUT2D eigenvalue weighted by Crippen LogP contribution is -2.54. The summed E-state index contributed by atoms with van der Waals surface area (Å²) in [5, 5.41) is 11.3. The summed E-state index contributed by atoms with van der Waals surface area (Å²) in [6, 6.07) is -0.208. The second-order valence-corrected chi connectivity index (χ2v) is 5.44. The van der Waals surface area contributed by atoms with Gasteiger partial charge in [0.15, 0.2) is 0 Å². The number of hydrogen-bond acceptors (Lipinski definition) is 3. The van der Waals surface area contributed by atoms with Gasteiger partial charge in [-0.15, -0.1) is 0 Å². The van der Waals surface area contributed by atoms with Crippen molar-refractivity contribution in [3.63, 3.8) is 0 Å². The van der Waals surface area contributed by atoms with Crippen molar-refractivity contribution >= 4 is 17.9 Å².